The fraction of sp³-hybridized carbons (Fsp3) is 0.107. The number of hydrogen-bond acceptors (Lipinski definition) is 6. The molecule has 0 fully saturated rings. The Morgan fingerprint density at radius 1 is 0.971 bits per heavy atom. The van der Waals surface area contributed by atoms with E-state index in [1.54, 1.807) is 37.4 Å². The summed E-state index contributed by atoms with van der Waals surface area (Å²) in [5.74, 6) is 0.505. The number of halogens is 1. The van der Waals surface area contributed by atoms with Gasteiger partial charge in [-0.15, -0.1) is 0 Å². The molecule has 4 rings (SSSR count). The van der Waals surface area contributed by atoms with Crippen molar-refractivity contribution < 1.29 is 18.7 Å². The fourth-order valence-electron chi connectivity index (χ4n) is 3.59. The minimum absolute atomic E-state index is 0.0471. The highest BCUT2D eigenvalue weighted by atomic mass is 32.2. The molecule has 3 aromatic carbocycles. The van der Waals surface area contributed by atoms with Crippen molar-refractivity contribution in [2.45, 2.75) is 5.03 Å². The number of nitriles is 1. The van der Waals surface area contributed by atoms with E-state index in [-0.39, 0.29) is 17.4 Å². The zero-order valence-electron chi connectivity index (χ0n) is 19.1. The predicted molar refractivity (Wildman–Crippen MR) is 134 cm³/mol. The molecule has 0 bridgehead atoms. The summed E-state index contributed by atoms with van der Waals surface area (Å²) in [5, 5.41) is 10.4. The minimum atomic E-state index is -0.363. The molecule has 0 saturated heterocycles. The van der Waals surface area contributed by atoms with Crippen molar-refractivity contribution in [1.82, 2.24) is 4.98 Å². The van der Waals surface area contributed by atoms with E-state index in [0.29, 0.717) is 44.5 Å². The van der Waals surface area contributed by atoms with Gasteiger partial charge < -0.3 is 9.47 Å². The standard InChI is InChI=1S/C28H21FN2O3S/c1-33-21-12-13-22(27(14-21)34-2)26(32)17-35-28-24(16-30)23(18-8-10-20(29)11-9-18)15-25(31-28)19-6-4-3-5-7-19/h3-15H,17H2,1-2H3. The molecule has 0 aliphatic rings. The molecule has 0 aliphatic carbocycles. The van der Waals surface area contributed by atoms with Crippen LogP contribution in [0.3, 0.4) is 0 Å². The van der Waals surface area contributed by atoms with Crippen LogP contribution in [0.4, 0.5) is 4.39 Å². The molecular weight excluding hydrogens is 463 g/mol. The van der Waals surface area contributed by atoms with Crippen molar-refractivity contribution in [2.75, 3.05) is 20.0 Å². The van der Waals surface area contributed by atoms with Crippen molar-refractivity contribution in [3.8, 4) is 40.0 Å². The molecule has 0 atom stereocenters. The molecule has 174 valence electrons. The van der Waals surface area contributed by atoms with Gasteiger partial charge in [0.15, 0.2) is 5.78 Å². The van der Waals surface area contributed by atoms with Crippen molar-refractivity contribution in [3.05, 3.63) is 95.8 Å². The number of pyridine rings is 1. The molecule has 0 saturated carbocycles. The van der Waals surface area contributed by atoms with Gasteiger partial charge in [0.1, 0.15) is 28.4 Å². The van der Waals surface area contributed by atoms with Gasteiger partial charge in [0.2, 0.25) is 0 Å². The number of ether oxygens (including phenoxy) is 2. The molecule has 5 nitrogen and oxygen atoms in total. The summed E-state index contributed by atoms with van der Waals surface area (Å²) in [6.07, 6.45) is 0. The van der Waals surface area contributed by atoms with Gasteiger partial charge in [0.05, 0.1) is 36.8 Å². The molecule has 4 aromatic rings. The summed E-state index contributed by atoms with van der Waals surface area (Å²) < 4.78 is 24.1. The molecule has 0 spiro atoms. The molecule has 0 amide bonds. The van der Waals surface area contributed by atoms with E-state index in [2.05, 4.69) is 6.07 Å². The zero-order chi connectivity index (χ0) is 24.8. The van der Waals surface area contributed by atoms with Crippen molar-refractivity contribution in [2.24, 2.45) is 0 Å². The minimum Gasteiger partial charge on any atom is -0.497 e. The maximum Gasteiger partial charge on any atom is 0.176 e. The second-order valence-electron chi connectivity index (χ2n) is 7.50. The molecule has 1 aromatic heterocycles. The summed E-state index contributed by atoms with van der Waals surface area (Å²) in [7, 11) is 3.03. The lowest BCUT2D eigenvalue weighted by atomic mass is 9.99. The van der Waals surface area contributed by atoms with Gasteiger partial charge in [-0.2, -0.15) is 5.26 Å². The normalized spacial score (nSPS) is 10.5. The molecule has 1 heterocycles. The van der Waals surface area contributed by atoms with Crippen LogP contribution in [-0.4, -0.2) is 30.7 Å². The predicted octanol–water partition coefficient (Wildman–Crippen LogP) is 6.42. The summed E-state index contributed by atoms with van der Waals surface area (Å²) >= 11 is 1.18. The summed E-state index contributed by atoms with van der Waals surface area (Å²) in [6, 6.07) is 24.6. The Morgan fingerprint density at radius 2 is 1.71 bits per heavy atom. The van der Waals surface area contributed by atoms with Gasteiger partial charge >= 0.3 is 0 Å². The summed E-state index contributed by atoms with van der Waals surface area (Å²) in [6.45, 7) is 0. The lowest BCUT2D eigenvalue weighted by Crippen LogP contribution is -2.06. The highest BCUT2D eigenvalue weighted by Crippen LogP contribution is 2.35. The van der Waals surface area contributed by atoms with Gasteiger partial charge in [-0.25, -0.2) is 9.37 Å². The molecule has 7 heteroatoms. The first-order valence-electron chi connectivity index (χ1n) is 10.7. The van der Waals surface area contributed by atoms with Gasteiger partial charge in [0.25, 0.3) is 0 Å². The van der Waals surface area contributed by atoms with Crippen LogP contribution in [0.2, 0.25) is 0 Å². The van der Waals surface area contributed by atoms with Crippen molar-refractivity contribution >= 4 is 17.5 Å². The van der Waals surface area contributed by atoms with Crippen LogP contribution in [0.15, 0.2) is 83.9 Å². The topological polar surface area (TPSA) is 72.2 Å². The zero-order valence-corrected chi connectivity index (χ0v) is 19.9. The molecule has 35 heavy (non-hydrogen) atoms. The number of benzene rings is 3. The van der Waals surface area contributed by atoms with E-state index in [0.717, 1.165) is 5.56 Å². The van der Waals surface area contributed by atoms with Crippen LogP contribution in [0.25, 0.3) is 22.4 Å². The number of aromatic nitrogens is 1. The van der Waals surface area contributed by atoms with E-state index in [9.17, 15) is 14.4 Å². The van der Waals surface area contributed by atoms with E-state index in [1.165, 1.54) is 31.0 Å². The van der Waals surface area contributed by atoms with Crippen LogP contribution in [0, 0.1) is 17.1 Å². The quantitative estimate of drug-likeness (QED) is 0.212. The Bertz CT molecular complexity index is 1400. The summed E-state index contributed by atoms with van der Waals surface area (Å²) in [4.78, 5) is 17.8. The number of Topliss-reactive ketones (excluding diaryl/α,β-unsaturated/α-hetero) is 1. The Morgan fingerprint density at radius 3 is 2.37 bits per heavy atom. The SMILES string of the molecule is COc1ccc(C(=O)CSc2nc(-c3ccccc3)cc(-c3ccc(F)cc3)c2C#N)c(OC)c1. The Labute approximate surface area is 207 Å². The van der Waals surface area contributed by atoms with Crippen LogP contribution in [0.1, 0.15) is 15.9 Å². The number of methoxy groups -OCH3 is 2. The Balaban J connectivity index is 1.74. The van der Waals surface area contributed by atoms with E-state index in [1.807, 2.05) is 36.4 Å². The first-order valence-corrected chi connectivity index (χ1v) is 11.7. The second-order valence-corrected chi connectivity index (χ2v) is 8.46. The third-order valence-corrected chi connectivity index (χ3v) is 6.35. The number of carbonyl (C=O) groups is 1. The number of carbonyl (C=O) groups excluding carboxylic acids is 1. The van der Waals surface area contributed by atoms with Gasteiger partial charge in [-0.05, 0) is 35.9 Å². The van der Waals surface area contributed by atoms with E-state index >= 15 is 0 Å². The maximum absolute atomic E-state index is 13.6. The third kappa shape index (κ3) is 5.34. The van der Waals surface area contributed by atoms with Gasteiger partial charge in [0, 0.05) is 17.2 Å². The first-order chi connectivity index (χ1) is 17.0. The first kappa shape index (κ1) is 24.0. The average Bonchev–Trinajstić information content (AvgIpc) is 2.91. The maximum atomic E-state index is 13.6. The molecular formula is C28H21FN2O3S. The number of rotatable bonds is 8. The average molecular weight is 485 g/mol. The monoisotopic (exact) mass is 484 g/mol. The molecule has 0 N–H and O–H groups in total. The highest BCUT2D eigenvalue weighted by Gasteiger charge is 2.19. The van der Waals surface area contributed by atoms with Crippen LogP contribution < -0.4 is 9.47 Å². The largest absolute Gasteiger partial charge is 0.497 e. The van der Waals surface area contributed by atoms with Gasteiger partial charge in [-0.1, -0.05) is 54.2 Å². The Hall–Kier alpha value is -4.15. The molecule has 0 radical (unpaired) electrons. The van der Waals surface area contributed by atoms with Crippen LogP contribution >= 0.6 is 11.8 Å². The number of hydrogen-bond donors (Lipinski definition) is 0. The number of nitrogens with zero attached hydrogens (tertiary/aromatic N) is 2. The third-order valence-electron chi connectivity index (χ3n) is 5.37. The molecule has 0 aliphatic heterocycles. The van der Waals surface area contributed by atoms with Crippen LogP contribution in [-0.2, 0) is 0 Å². The lowest BCUT2D eigenvalue weighted by molar-refractivity contribution is 0.101. The Kier molecular flexibility index (Phi) is 7.44. The number of thioether (sulfide) groups is 1. The van der Waals surface area contributed by atoms with Crippen molar-refractivity contribution in [3.63, 3.8) is 0 Å². The van der Waals surface area contributed by atoms with Crippen LogP contribution in [0.5, 0.6) is 11.5 Å². The van der Waals surface area contributed by atoms with Gasteiger partial charge in [-0.3, -0.25) is 4.79 Å². The summed E-state index contributed by atoms with van der Waals surface area (Å²) in [5.41, 5.74) is 3.57. The molecule has 0 unspecified atom stereocenters. The fourth-order valence-corrected chi connectivity index (χ4v) is 4.47. The number of ketones is 1. The highest BCUT2D eigenvalue weighted by molar-refractivity contribution is 8.00. The smallest absolute Gasteiger partial charge is 0.176 e. The lowest BCUT2D eigenvalue weighted by Gasteiger charge is -2.13. The van der Waals surface area contributed by atoms with E-state index < -0.39 is 0 Å². The van der Waals surface area contributed by atoms with Crippen molar-refractivity contribution in [1.29, 1.82) is 5.26 Å². The second kappa shape index (κ2) is 10.9. The van der Waals surface area contributed by atoms with E-state index in [4.69, 9.17) is 14.5 Å².